The zero-order valence-corrected chi connectivity index (χ0v) is 8.17. The van der Waals surface area contributed by atoms with Gasteiger partial charge in [-0.3, -0.25) is 0 Å². The second-order valence-corrected chi connectivity index (χ2v) is 4.00. The number of rotatable bonds is 2. The number of nitrogens with one attached hydrogen (secondary N) is 1. The zero-order valence-electron chi connectivity index (χ0n) is 8.17. The van der Waals surface area contributed by atoms with Gasteiger partial charge in [0.25, 0.3) is 0 Å². The second kappa shape index (κ2) is 3.25. The van der Waals surface area contributed by atoms with Crippen molar-refractivity contribution in [2.24, 2.45) is 5.92 Å². The summed E-state index contributed by atoms with van der Waals surface area (Å²) in [5, 5.41) is 1.30. The van der Waals surface area contributed by atoms with Crippen LogP contribution in [0.3, 0.4) is 0 Å². The van der Waals surface area contributed by atoms with Crippen LogP contribution in [-0.2, 0) is 6.42 Å². The third-order valence-corrected chi connectivity index (χ3v) is 2.26. The Balaban J connectivity index is 2.37. The fraction of sp³-hybridized carbons (Fsp3) is 0.333. The molecule has 0 atom stereocenters. The lowest BCUT2D eigenvalue weighted by atomic mass is 10.0. The molecule has 1 heteroatoms. The predicted octanol–water partition coefficient (Wildman–Crippen LogP) is 3.37. The van der Waals surface area contributed by atoms with E-state index in [1.165, 1.54) is 16.5 Å². The summed E-state index contributed by atoms with van der Waals surface area (Å²) < 4.78 is 0. The zero-order chi connectivity index (χ0) is 9.26. The first-order chi connectivity index (χ1) is 6.25. The minimum atomic E-state index is 0.729. The SMILES string of the molecule is CC(C)Cc1ccc2cc[nH]c2c1. The number of H-pyrrole nitrogens is 1. The lowest BCUT2D eigenvalue weighted by Crippen LogP contribution is -1.93. The van der Waals surface area contributed by atoms with Crippen molar-refractivity contribution in [1.29, 1.82) is 0 Å². The van der Waals surface area contributed by atoms with Crippen LogP contribution in [0, 0.1) is 5.92 Å². The van der Waals surface area contributed by atoms with Crippen LogP contribution in [0.25, 0.3) is 10.9 Å². The molecular formula is C12H15N. The predicted molar refractivity (Wildman–Crippen MR) is 56.8 cm³/mol. The maximum absolute atomic E-state index is 3.23. The first kappa shape index (κ1) is 8.36. The number of fused-ring (bicyclic) bond motifs is 1. The topological polar surface area (TPSA) is 15.8 Å². The van der Waals surface area contributed by atoms with Gasteiger partial charge in [-0.15, -0.1) is 0 Å². The first-order valence-corrected chi connectivity index (χ1v) is 4.82. The van der Waals surface area contributed by atoms with Gasteiger partial charge in [0.05, 0.1) is 0 Å². The van der Waals surface area contributed by atoms with Crippen molar-refractivity contribution in [3.8, 4) is 0 Å². The van der Waals surface area contributed by atoms with Crippen LogP contribution >= 0.6 is 0 Å². The molecule has 0 radical (unpaired) electrons. The van der Waals surface area contributed by atoms with Gasteiger partial charge in [0.15, 0.2) is 0 Å². The average molecular weight is 173 g/mol. The van der Waals surface area contributed by atoms with E-state index in [4.69, 9.17) is 0 Å². The molecule has 0 aliphatic rings. The van der Waals surface area contributed by atoms with Gasteiger partial charge in [0.1, 0.15) is 0 Å². The van der Waals surface area contributed by atoms with Crippen molar-refractivity contribution in [3.05, 3.63) is 36.0 Å². The smallest absolute Gasteiger partial charge is 0.0456 e. The molecule has 1 heterocycles. The van der Waals surface area contributed by atoms with Crippen molar-refractivity contribution in [1.82, 2.24) is 4.98 Å². The Kier molecular flexibility index (Phi) is 2.09. The van der Waals surface area contributed by atoms with Gasteiger partial charge < -0.3 is 4.98 Å². The molecule has 1 aromatic heterocycles. The van der Waals surface area contributed by atoms with Crippen LogP contribution in [0.4, 0.5) is 0 Å². The van der Waals surface area contributed by atoms with Crippen molar-refractivity contribution in [3.63, 3.8) is 0 Å². The molecule has 1 nitrogen and oxygen atoms in total. The van der Waals surface area contributed by atoms with E-state index in [9.17, 15) is 0 Å². The molecule has 0 saturated carbocycles. The molecule has 0 amide bonds. The largest absolute Gasteiger partial charge is 0.361 e. The number of benzene rings is 1. The number of aromatic amines is 1. The molecule has 2 aromatic rings. The van der Waals surface area contributed by atoms with Gasteiger partial charge >= 0.3 is 0 Å². The summed E-state index contributed by atoms with van der Waals surface area (Å²) in [5.41, 5.74) is 2.67. The molecule has 0 saturated heterocycles. The van der Waals surface area contributed by atoms with E-state index in [1.807, 2.05) is 6.20 Å². The minimum absolute atomic E-state index is 0.729. The summed E-state index contributed by atoms with van der Waals surface area (Å²) in [4.78, 5) is 3.23. The molecule has 1 N–H and O–H groups in total. The fourth-order valence-electron chi connectivity index (χ4n) is 1.69. The normalized spacial score (nSPS) is 11.3. The van der Waals surface area contributed by atoms with Crippen LogP contribution in [0.15, 0.2) is 30.5 Å². The van der Waals surface area contributed by atoms with E-state index in [1.54, 1.807) is 0 Å². The van der Waals surface area contributed by atoms with E-state index < -0.39 is 0 Å². The summed E-state index contributed by atoms with van der Waals surface area (Å²) in [7, 11) is 0. The van der Waals surface area contributed by atoms with Crippen LogP contribution < -0.4 is 0 Å². The number of hydrogen-bond acceptors (Lipinski definition) is 0. The number of hydrogen-bond donors (Lipinski definition) is 1. The van der Waals surface area contributed by atoms with Crippen molar-refractivity contribution in [2.75, 3.05) is 0 Å². The summed E-state index contributed by atoms with van der Waals surface area (Å²) in [6.45, 7) is 4.50. The van der Waals surface area contributed by atoms with Crippen LogP contribution in [0.1, 0.15) is 19.4 Å². The molecule has 0 bridgehead atoms. The highest BCUT2D eigenvalue weighted by atomic mass is 14.7. The molecule has 0 fully saturated rings. The van der Waals surface area contributed by atoms with Crippen molar-refractivity contribution < 1.29 is 0 Å². The summed E-state index contributed by atoms with van der Waals surface area (Å²) in [5.74, 6) is 0.729. The molecule has 68 valence electrons. The van der Waals surface area contributed by atoms with Crippen LogP contribution in [0.2, 0.25) is 0 Å². The lowest BCUT2D eigenvalue weighted by molar-refractivity contribution is 0.648. The molecule has 0 spiro atoms. The molecule has 13 heavy (non-hydrogen) atoms. The summed E-state index contributed by atoms with van der Waals surface area (Å²) >= 11 is 0. The minimum Gasteiger partial charge on any atom is -0.361 e. The van der Waals surface area contributed by atoms with E-state index in [2.05, 4.69) is 43.1 Å². The van der Waals surface area contributed by atoms with Gasteiger partial charge in [-0.2, -0.15) is 0 Å². The van der Waals surface area contributed by atoms with E-state index in [0.29, 0.717) is 0 Å². The highest BCUT2D eigenvalue weighted by Gasteiger charge is 1.99. The number of aromatic nitrogens is 1. The Morgan fingerprint density at radius 2 is 2.08 bits per heavy atom. The first-order valence-electron chi connectivity index (χ1n) is 4.82. The van der Waals surface area contributed by atoms with Gasteiger partial charge in [-0.25, -0.2) is 0 Å². The fourth-order valence-corrected chi connectivity index (χ4v) is 1.69. The van der Waals surface area contributed by atoms with Crippen molar-refractivity contribution in [2.45, 2.75) is 20.3 Å². The van der Waals surface area contributed by atoms with E-state index >= 15 is 0 Å². The highest BCUT2D eigenvalue weighted by Crippen LogP contribution is 2.16. The molecule has 0 aliphatic heterocycles. The molecule has 0 aliphatic carbocycles. The molecule has 2 rings (SSSR count). The van der Waals surface area contributed by atoms with Crippen LogP contribution in [0.5, 0.6) is 0 Å². The Labute approximate surface area is 78.8 Å². The standard InChI is InChI=1S/C12H15N/c1-9(2)7-10-3-4-11-5-6-13-12(11)8-10/h3-6,8-9,13H,7H2,1-2H3. The maximum Gasteiger partial charge on any atom is 0.0456 e. The van der Waals surface area contributed by atoms with Gasteiger partial charge in [0.2, 0.25) is 0 Å². The molecular weight excluding hydrogens is 158 g/mol. The maximum atomic E-state index is 3.23. The second-order valence-electron chi connectivity index (χ2n) is 4.00. The Morgan fingerprint density at radius 1 is 1.23 bits per heavy atom. The third-order valence-electron chi connectivity index (χ3n) is 2.26. The molecule has 0 unspecified atom stereocenters. The van der Waals surface area contributed by atoms with Gasteiger partial charge in [-0.1, -0.05) is 26.0 Å². The monoisotopic (exact) mass is 173 g/mol. The summed E-state index contributed by atoms with van der Waals surface area (Å²) in [6, 6.07) is 8.75. The van der Waals surface area contributed by atoms with Crippen LogP contribution in [-0.4, -0.2) is 4.98 Å². The van der Waals surface area contributed by atoms with E-state index in [-0.39, 0.29) is 0 Å². The Bertz CT molecular complexity index is 398. The molecule has 1 aromatic carbocycles. The Morgan fingerprint density at radius 3 is 2.85 bits per heavy atom. The van der Waals surface area contributed by atoms with Crippen molar-refractivity contribution >= 4 is 10.9 Å². The lowest BCUT2D eigenvalue weighted by Gasteiger charge is -2.04. The van der Waals surface area contributed by atoms with Gasteiger partial charge in [0, 0.05) is 11.7 Å². The van der Waals surface area contributed by atoms with E-state index in [0.717, 1.165) is 12.3 Å². The Hall–Kier alpha value is -1.24. The highest BCUT2D eigenvalue weighted by molar-refractivity contribution is 5.79. The summed E-state index contributed by atoms with van der Waals surface area (Å²) in [6.07, 6.45) is 3.15. The average Bonchev–Trinajstić information content (AvgIpc) is 2.49. The van der Waals surface area contributed by atoms with Gasteiger partial charge in [-0.05, 0) is 35.4 Å². The quantitative estimate of drug-likeness (QED) is 0.716. The third kappa shape index (κ3) is 1.74.